The average molecular weight is 265 g/mol. The van der Waals surface area contributed by atoms with Crippen molar-refractivity contribution in [2.45, 2.75) is 39.2 Å². The lowest BCUT2D eigenvalue weighted by molar-refractivity contribution is -0.120. The van der Waals surface area contributed by atoms with Gasteiger partial charge in [-0.05, 0) is 45.7 Å². The van der Waals surface area contributed by atoms with Crippen molar-refractivity contribution in [1.29, 1.82) is 0 Å². The fourth-order valence-corrected chi connectivity index (χ4v) is 1.42. The minimum absolute atomic E-state index is 0.434. The Morgan fingerprint density at radius 3 is 2.79 bits per heavy atom. The Labute approximate surface area is 112 Å². The van der Waals surface area contributed by atoms with Crippen LogP contribution >= 0.6 is 0 Å². The predicted molar refractivity (Wildman–Crippen MR) is 72.2 cm³/mol. The summed E-state index contributed by atoms with van der Waals surface area (Å²) in [5.74, 6) is 0.434. The van der Waals surface area contributed by atoms with Crippen molar-refractivity contribution in [1.82, 2.24) is 4.98 Å². The maximum Gasteiger partial charge on any atom is 0.239 e. The second-order valence-electron chi connectivity index (χ2n) is 4.96. The normalized spacial score (nSPS) is 11.7. The highest BCUT2D eigenvalue weighted by Gasteiger charge is 2.18. The van der Waals surface area contributed by atoms with E-state index in [1.807, 2.05) is 26.8 Å². The zero-order valence-corrected chi connectivity index (χ0v) is 11.4. The van der Waals surface area contributed by atoms with Crippen LogP contribution in [0.25, 0.3) is 0 Å². The minimum atomic E-state index is -0.484. The number of carbonyl (C=O) groups excluding carboxylic acids is 1. The predicted octanol–water partition coefficient (Wildman–Crippen LogP) is 2.17. The van der Waals surface area contributed by atoms with Gasteiger partial charge < -0.3 is 5.21 Å². The van der Waals surface area contributed by atoms with Crippen molar-refractivity contribution in [2.75, 3.05) is 5.06 Å². The molecular formula is C13H19N3O3. The molecule has 6 heteroatoms. The van der Waals surface area contributed by atoms with Crippen LogP contribution in [0.15, 0.2) is 23.4 Å². The summed E-state index contributed by atoms with van der Waals surface area (Å²) in [6, 6.07) is 5.34. The molecule has 0 fully saturated rings. The van der Waals surface area contributed by atoms with Gasteiger partial charge in [-0.3, -0.25) is 9.63 Å². The van der Waals surface area contributed by atoms with E-state index in [0.29, 0.717) is 25.1 Å². The summed E-state index contributed by atoms with van der Waals surface area (Å²) >= 11 is 0. The van der Waals surface area contributed by atoms with E-state index in [1.165, 1.54) is 6.21 Å². The molecule has 0 saturated heterocycles. The van der Waals surface area contributed by atoms with E-state index in [-0.39, 0.29) is 0 Å². The maximum absolute atomic E-state index is 11.1. The lowest BCUT2D eigenvalue weighted by atomic mass is 10.2. The fraction of sp³-hybridized carbons (Fsp3) is 0.462. The summed E-state index contributed by atoms with van der Waals surface area (Å²) in [6.45, 7) is 5.56. The molecule has 1 heterocycles. The highest BCUT2D eigenvalue weighted by molar-refractivity contribution is 5.69. The molecule has 0 atom stereocenters. The van der Waals surface area contributed by atoms with E-state index in [4.69, 9.17) is 10.0 Å². The van der Waals surface area contributed by atoms with E-state index in [9.17, 15) is 4.79 Å². The van der Waals surface area contributed by atoms with Crippen molar-refractivity contribution < 1.29 is 14.8 Å². The van der Waals surface area contributed by atoms with Crippen LogP contribution in [0.3, 0.4) is 0 Å². The van der Waals surface area contributed by atoms with Crippen LogP contribution in [0, 0.1) is 0 Å². The molecule has 1 aromatic rings. The molecule has 0 aromatic carbocycles. The Hall–Kier alpha value is -1.95. The molecule has 1 rings (SSSR count). The van der Waals surface area contributed by atoms with Gasteiger partial charge in [-0.25, -0.2) is 4.98 Å². The first-order valence-electron chi connectivity index (χ1n) is 6.02. The number of oxime groups is 1. The van der Waals surface area contributed by atoms with Gasteiger partial charge in [0.15, 0.2) is 5.82 Å². The molecule has 0 aliphatic carbocycles. The molecule has 0 bridgehead atoms. The van der Waals surface area contributed by atoms with Crippen LogP contribution in [0.2, 0.25) is 0 Å². The molecule has 6 nitrogen and oxygen atoms in total. The number of anilines is 1. The average Bonchev–Trinajstić information content (AvgIpc) is 2.35. The van der Waals surface area contributed by atoms with Gasteiger partial charge in [0.2, 0.25) is 6.41 Å². The number of rotatable bonds is 6. The van der Waals surface area contributed by atoms with Gasteiger partial charge in [0.05, 0.1) is 5.60 Å². The highest BCUT2D eigenvalue weighted by Crippen LogP contribution is 2.16. The fourth-order valence-electron chi connectivity index (χ4n) is 1.42. The summed E-state index contributed by atoms with van der Waals surface area (Å²) in [6.07, 6.45) is 3.19. The van der Waals surface area contributed by atoms with Gasteiger partial charge >= 0.3 is 0 Å². The van der Waals surface area contributed by atoms with Gasteiger partial charge in [0.25, 0.3) is 0 Å². The van der Waals surface area contributed by atoms with E-state index in [1.54, 1.807) is 12.1 Å². The maximum atomic E-state index is 11.1. The minimum Gasteiger partial charge on any atom is -0.411 e. The number of hydrogen-bond acceptors (Lipinski definition) is 5. The monoisotopic (exact) mass is 265 g/mol. The molecule has 0 aliphatic rings. The van der Waals surface area contributed by atoms with Crippen LogP contribution in [-0.2, 0) is 16.1 Å². The number of nitrogens with zero attached hydrogens (tertiary/aromatic N) is 3. The molecule has 0 unspecified atom stereocenters. The number of hydrogen-bond donors (Lipinski definition) is 1. The molecule has 104 valence electrons. The quantitative estimate of drug-likeness (QED) is 0.370. The van der Waals surface area contributed by atoms with Crippen LogP contribution in [-0.4, -0.2) is 28.4 Å². The molecule has 0 saturated carbocycles. The zero-order valence-electron chi connectivity index (χ0n) is 11.4. The van der Waals surface area contributed by atoms with Crippen molar-refractivity contribution in [3.05, 3.63) is 23.9 Å². The van der Waals surface area contributed by atoms with E-state index >= 15 is 0 Å². The molecule has 0 spiro atoms. The van der Waals surface area contributed by atoms with Crippen LogP contribution < -0.4 is 5.06 Å². The summed E-state index contributed by atoms with van der Waals surface area (Å²) < 4.78 is 0. The number of carbonyl (C=O) groups is 1. The second-order valence-corrected chi connectivity index (χ2v) is 4.96. The molecular weight excluding hydrogens is 246 g/mol. The second kappa shape index (κ2) is 6.84. The van der Waals surface area contributed by atoms with Crippen molar-refractivity contribution >= 4 is 18.4 Å². The van der Waals surface area contributed by atoms with Gasteiger partial charge in [-0.2, -0.15) is 5.06 Å². The lowest BCUT2D eigenvalue weighted by Gasteiger charge is -2.25. The topological polar surface area (TPSA) is 75.0 Å². The largest absolute Gasteiger partial charge is 0.411 e. The van der Waals surface area contributed by atoms with Gasteiger partial charge in [0.1, 0.15) is 0 Å². The first-order chi connectivity index (χ1) is 8.96. The zero-order chi connectivity index (χ0) is 14.3. The van der Waals surface area contributed by atoms with Crippen molar-refractivity contribution in [2.24, 2.45) is 5.16 Å². The van der Waals surface area contributed by atoms with E-state index in [2.05, 4.69) is 10.1 Å². The Morgan fingerprint density at radius 1 is 1.47 bits per heavy atom. The number of aromatic nitrogens is 1. The third-order valence-electron chi connectivity index (χ3n) is 2.10. The molecule has 0 aliphatic heterocycles. The third-order valence-corrected chi connectivity index (χ3v) is 2.10. The number of pyridine rings is 1. The lowest BCUT2D eigenvalue weighted by Crippen LogP contribution is -2.33. The Kier molecular flexibility index (Phi) is 5.44. The van der Waals surface area contributed by atoms with Gasteiger partial charge in [-0.1, -0.05) is 6.07 Å². The third kappa shape index (κ3) is 5.48. The summed E-state index contributed by atoms with van der Waals surface area (Å²) in [7, 11) is 0. The first kappa shape index (κ1) is 15.1. The molecule has 0 radical (unpaired) electrons. The molecule has 1 amide bonds. The molecule has 19 heavy (non-hydrogen) atoms. The van der Waals surface area contributed by atoms with Crippen LogP contribution in [0.5, 0.6) is 0 Å². The standard InChI is InChI=1S/C13H19N3O3/c1-13(2,3)19-16(10-17)12-8-4-6-11(15-12)7-5-9-14-18/h4,6,8-10,18H,5,7H2,1-3H3. The number of amides is 1. The first-order valence-corrected chi connectivity index (χ1v) is 6.02. The molecule has 1 aromatic heterocycles. The SMILES string of the molecule is CC(C)(C)ON(C=O)c1cccc(CCC=NO)n1. The van der Waals surface area contributed by atoms with Crippen molar-refractivity contribution in [3.63, 3.8) is 0 Å². The smallest absolute Gasteiger partial charge is 0.239 e. The van der Waals surface area contributed by atoms with Crippen molar-refractivity contribution in [3.8, 4) is 0 Å². The van der Waals surface area contributed by atoms with Gasteiger partial charge in [-0.15, -0.1) is 5.16 Å². The molecule has 1 N–H and O–H groups in total. The Morgan fingerprint density at radius 2 is 2.21 bits per heavy atom. The number of hydroxylamine groups is 1. The number of aryl methyl sites for hydroxylation is 1. The summed E-state index contributed by atoms with van der Waals surface area (Å²) in [4.78, 5) is 20.9. The summed E-state index contributed by atoms with van der Waals surface area (Å²) in [5.41, 5.74) is 0.309. The van der Waals surface area contributed by atoms with Crippen LogP contribution in [0.4, 0.5) is 5.82 Å². The Balaban J connectivity index is 2.81. The Bertz CT molecular complexity index is 441. The highest BCUT2D eigenvalue weighted by atomic mass is 16.7. The van der Waals surface area contributed by atoms with E-state index < -0.39 is 5.60 Å². The van der Waals surface area contributed by atoms with Gasteiger partial charge in [0, 0.05) is 11.9 Å². The summed E-state index contributed by atoms with van der Waals surface area (Å²) in [5, 5.41) is 12.4. The van der Waals surface area contributed by atoms with Crippen LogP contribution in [0.1, 0.15) is 32.9 Å². The van der Waals surface area contributed by atoms with E-state index in [0.717, 1.165) is 10.8 Å².